The van der Waals surface area contributed by atoms with E-state index in [-0.39, 0.29) is 11.9 Å². The number of hydrogen-bond acceptors (Lipinski definition) is 5. The van der Waals surface area contributed by atoms with Crippen LogP contribution in [0.25, 0.3) is 0 Å². The van der Waals surface area contributed by atoms with Crippen LogP contribution in [-0.4, -0.2) is 55.1 Å². The number of piperazine rings is 1. The molecule has 0 radical (unpaired) electrons. The van der Waals surface area contributed by atoms with E-state index in [0.29, 0.717) is 12.2 Å². The average molecular weight is 442 g/mol. The Kier molecular flexibility index (Phi) is 6.65. The van der Waals surface area contributed by atoms with Gasteiger partial charge in [-0.3, -0.25) is 9.69 Å². The number of pyridine rings is 1. The zero-order valence-electron chi connectivity index (χ0n) is 18.9. The third-order valence-corrected chi connectivity index (χ3v) is 6.59. The zero-order valence-corrected chi connectivity index (χ0v) is 18.9. The molecule has 1 atom stereocenters. The highest BCUT2D eigenvalue weighted by atomic mass is 16.1. The third kappa shape index (κ3) is 5.24. The zero-order chi connectivity index (χ0) is 22.5. The van der Waals surface area contributed by atoms with Crippen molar-refractivity contribution in [3.05, 3.63) is 95.2 Å². The molecule has 0 spiro atoms. The lowest BCUT2D eigenvalue weighted by Crippen LogP contribution is -2.46. The number of amides is 1. The lowest BCUT2D eigenvalue weighted by molar-refractivity contribution is 0.0942. The van der Waals surface area contributed by atoms with Gasteiger partial charge in [0.2, 0.25) is 0 Å². The molecular formula is C27H31N5O. The first-order valence-corrected chi connectivity index (χ1v) is 11.8. The largest absolute Gasteiger partial charge is 0.353 e. The van der Waals surface area contributed by atoms with Gasteiger partial charge in [-0.1, -0.05) is 60.7 Å². The van der Waals surface area contributed by atoms with Gasteiger partial charge in [0, 0.05) is 51.9 Å². The number of fused-ring (bicyclic) bond motifs is 1. The maximum Gasteiger partial charge on any atom is 0.270 e. The second-order valence-corrected chi connectivity index (χ2v) is 8.80. The summed E-state index contributed by atoms with van der Waals surface area (Å²) in [4.78, 5) is 22.1. The second kappa shape index (κ2) is 10.1. The summed E-state index contributed by atoms with van der Waals surface area (Å²) in [6.45, 7) is 6.04. The Morgan fingerprint density at radius 1 is 0.970 bits per heavy atom. The van der Waals surface area contributed by atoms with Crippen LogP contribution in [0.5, 0.6) is 0 Å². The molecule has 1 saturated heterocycles. The van der Waals surface area contributed by atoms with E-state index in [0.717, 1.165) is 51.5 Å². The summed E-state index contributed by atoms with van der Waals surface area (Å²) < 4.78 is 0. The minimum atomic E-state index is -0.107. The van der Waals surface area contributed by atoms with Gasteiger partial charge < -0.3 is 15.5 Å². The molecule has 2 aliphatic heterocycles. The fourth-order valence-electron chi connectivity index (χ4n) is 4.76. The van der Waals surface area contributed by atoms with E-state index < -0.39 is 0 Å². The first-order chi connectivity index (χ1) is 16.3. The van der Waals surface area contributed by atoms with Gasteiger partial charge in [-0.15, -0.1) is 0 Å². The molecule has 1 amide bonds. The van der Waals surface area contributed by atoms with E-state index in [4.69, 9.17) is 4.98 Å². The molecule has 0 aliphatic carbocycles. The average Bonchev–Trinajstić information content (AvgIpc) is 2.89. The van der Waals surface area contributed by atoms with Gasteiger partial charge in [-0.2, -0.15) is 0 Å². The highest BCUT2D eigenvalue weighted by Crippen LogP contribution is 2.21. The van der Waals surface area contributed by atoms with Crippen LogP contribution in [0, 0.1) is 0 Å². The fourth-order valence-corrected chi connectivity index (χ4v) is 4.76. The number of benzene rings is 2. The SMILES string of the molecule is O=C(NCCN1CCc2ccccc2C1)c1cccc(N2CCNC(c3ccccc3)C2)n1. The molecule has 2 aromatic carbocycles. The Bertz CT molecular complexity index is 1090. The Hall–Kier alpha value is -3.22. The van der Waals surface area contributed by atoms with Crippen molar-refractivity contribution >= 4 is 11.7 Å². The van der Waals surface area contributed by atoms with E-state index in [9.17, 15) is 4.79 Å². The summed E-state index contributed by atoms with van der Waals surface area (Å²) in [5, 5.41) is 6.65. The molecule has 0 saturated carbocycles. The van der Waals surface area contributed by atoms with Gasteiger partial charge >= 0.3 is 0 Å². The maximum absolute atomic E-state index is 12.8. The van der Waals surface area contributed by atoms with Crippen LogP contribution in [0.1, 0.15) is 33.2 Å². The summed E-state index contributed by atoms with van der Waals surface area (Å²) in [6, 6.07) is 25.1. The summed E-state index contributed by atoms with van der Waals surface area (Å²) >= 11 is 0. The number of anilines is 1. The van der Waals surface area contributed by atoms with Gasteiger partial charge in [0.15, 0.2) is 0 Å². The molecule has 33 heavy (non-hydrogen) atoms. The lowest BCUT2D eigenvalue weighted by atomic mass is 10.00. The third-order valence-electron chi connectivity index (χ3n) is 6.59. The molecule has 5 rings (SSSR count). The number of nitrogens with one attached hydrogen (secondary N) is 2. The highest BCUT2D eigenvalue weighted by molar-refractivity contribution is 5.92. The molecule has 2 N–H and O–H groups in total. The Balaban J connectivity index is 1.16. The van der Waals surface area contributed by atoms with E-state index in [2.05, 4.69) is 69.0 Å². The molecule has 3 heterocycles. The molecule has 6 heteroatoms. The van der Waals surface area contributed by atoms with Gasteiger partial charge in [0.1, 0.15) is 11.5 Å². The summed E-state index contributed by atoms with van der Waals surface area (Å²) in [7, 11) is 0. The topological polar surface area (TPSA) is 60.5 Å². The van der Waals surface area contributed by atoms with Crippen molar-refractivity contribution in [1.82, 2.24) is 20.5 Å². The van der Waals surface area contributed by atoms with Crippen molar-refractivity contribution in [1.29, 1.82) is 0 Å². The molecule has 2 aliphatic rings. The molecule has 1 aromatic heterocycles. The van der Waals surface area contributed by atoms with E-state index in [1.54, 1.807) is 6.07 Å². The van der Waals surface area contributed by atoms with Crippen molar-refractivity contribution in [2.75, 3.05) is 44.2 Å². The van der Waals surface area contributed by atoms with E-state index in [1.807, 2.05) is 18.2 Å². The summed E-state index contributed by atoms with van der Waals surface area (Å²) in [5.41, 5.74) is 4.60. The normalized spacial score (nSPS) is 18.5. The van der Waals surface area contributed by atoms with Crippen LogP contribution < -0.4 is 15.5 Å². The standard InChI is InChI=1S/C27H31N5O/c33-27(29-14-17-31-16-13-21-7-4-5-10-23(21)19-31)24-11-6-12-26(30-24)32-18-15-28-25(20-32)22-8-2-1-3-9-22/h1-12,25,28H,13-20H2,(H,29,33). The molecular weight excluding hydrogens is 410 g/mol. The number of carbonyl (C=O) groups is 1. The van der Waals surface area contributed by atoms with Gasteiger partial charge in [0.05, 0.1) is 0 Å². The van der Waals surface area contributed by atoms with Crippen LogP contribution in [0.3, 0.4) is 0 Å². The van der Waals surface area contributed by atoms with Crippen LogP contribution in [0.15, 0.2) is 72.8 Å². The number of hydrogen-bond donors (Lipinski definition) is 2. The number of aromatic nitrogens is 1. The van der Waals surface area contributed by atoms with Gasteiger partial charge in [-0.05, 0) is 35.2 Å². The van der Waals surface area contributed by atoms with Gasteiger partial charge in [0.25, 0.3) is 5.91 Å². The van der Waals surface area contributed by atoms with E-state index >= 15 is 0 Å². The number of nitrogens with zero attached hydrogens (tertiary/aromatic N) is 3. The lowest BCUT2D eigenvalue weighted by Gasteiger charge is -2.35. The van der Waals surface area contributed by atoms with Crippen LogP contribution >= 0.6 is 0 Å². The summed E-state index contributed by atoms with van der Waals surface area (Å²) in [6.07, 6.45) is 1.07. The molecule has 170 valence electrons. The quantitative estimate of drug-likeness (QED) is 0.616. The highest BCUT2D eigenvalue weighted by Gasteiger charge is 2.22. The monoisotopic (exact) mass is 441 g/mol. The molecule has 1 unspecified atom stereocenters. The Morgan fingerprint density at radius 2 is 1.79 bits per heavy atom. The van der Waals surface area contributed by atoms with Gasteiger partial charge in [-0.25, -0.2) is 4.98 Å². The molecule has 3 aromatic rings. The van der Waals surface area contributed by atoms with Crippen LogP contribution in [0.4, 0.5) is 5.82 Å². The summed E-state index contributed by atoms with van der Waals surface area (Å²) in [5.74, 6) is 0.752. The van der Waals surface area contributed by atoms with Crippen LogP contribution in [0.2, 0.25) is 0 Å². The van der Waals surface area contributed by atoms with Crippen molar-refractivity contribution in [3.63, 3.8) is 0 Å². The fraction of sp³-hybridized carbons (Fsp3) is 0.333. The number of rotatable bonds is 6. The first kappa shape index (κ1) is 21.6. The predicted octanol–water partition coefficient (Wildman–Crippen LogP) is 3.02. The first-order valence-electron chi connectivity index (χ1n) is 11.8. The molecule has 1 fully saturated rings. The Labute approximate surface area is 195 Å². The van der Waals surface area contributed by atoms with E-state index in [1.165, 1.54) is 16.7 Å². The van der Waals surface area contributed by atoms with Crippen molar-refractivity contribution in [2.45, 2.75) is 19.0 Å². The van der Waals surface area contributed by atoms with Crippen molar-refractivity contribution in [2.24, 2.45) is 0 Å². The van der Waals surface area contributed by atoms with Crippen molar-refractivity contribution < 1.29 is 4.79 Å². The number of carbonyl (C=O) groups excluding carboxylic acids is 1. The minimum absolute atomic E-state index is 0.107. The Morgan fingerprint density at radius 3 is 2.67 bits per heavy atom. The second-order valence-electron chi connectivity index (χ2n) is 8.80. The predicted molar refractivity (Wildman–Crippen MR) is 131 cm³/mol. The molecule has 6 nitrogen and oxygen atoms in total. The minimum Gasteiger partial charge on any atom is -0.353 e. The molecule has 0 bridgehead atoms. The van der Waals surface area contributed by atoms with Crippen LogP contribution in [-0.2, 0) is 13.0 Å². The smallest absolute Gasteiger partial charge is 0.270 e. The maximum atomic E-state index is 12.8. The van der Waals surface area contributed by atoms with Crippen molar-refractivity contribution in [3.8, 4) is 0 Å².